The molecule has 2 amide bonds. The van der Waals surface area contributed by atoms with E-state index < -0.39 is 0 Å². The SMILES string of the molecule is Cc1ccc(CC(=O)NCCOCCOCCNC(=O)Cc2ccc(C)cc2)cc1. The molecule has 0 aromatic heterocycles. The predicted molar refractivity (Wildman–Crippen MR) is 117 cm³/mol. The van der Waals surface area contributed by atoms with Crippen molar-refractivity contribution in [2.75, 3.05) is 39.5 Å². The molecule has 2 N–H and O–H groups in total. The van der Waals surface area contributed by atoms with Crippen molar-refractivity contribution in [3.05, 3.63) is 70.8 Å². The van der Waals surface area contributed by atoms with Gasteiger partial charge >= 0.3 is 0 Å². The van der Waals surface area contributed by atoms with Crippen LogP contribution in [0.3, 0.4) is 0 Å². The van der Waals surface area contributed by atoms with E-state index in [0.717, 1.165) is 11.1 Å². The zero-order chi connectivity index (χ0) is 21.6. The summed E-state index contributed by atoms with van der Waals surface area (Å²) in [6.45, 7) is 6.77. The molecule has 0 aliphatic carbocycles. The molecule has 0 aliphatic rings. The molecule has 0 radical (unpaired) electrons. The lowest BCUT2D eigenvalue weighted by atomic mass is 10.1. The lowest BCUT2D eigenvalue weighted by Crippen LogP contribution is -2.29. The minimum absolute atomic E-state index is 0.0138. The monoisotopic (exact) mass is 412 g/mol. The number of aryl methyl sites for hydroxylation is 2. The van der Waals surface area contributed by atoms with Gasteiger partial charge in [-0.1, -0.05) is 59.7 Å². The van der Waals surface area contributed by atoms with Crippen molar-refractivity contribution in [3.63, 3.8) is 0 Å². The highest BCUT2D eigenvalue weighted by atomic mass is 16.5. The Morgan fingerprint density at radius 1 is 0.633 bits per heavy atom. The number of hydrogen-bond donors (Lipinski definition) is 2. The van der Waals surface area contributed by atoms with Gasteiger partial charge in [0.1, 0.15) is 0 Å². The molecule has 6 nitrogen and oxygen atoms in total. The van der Waals surface area contributed by atoms with E-state index in [1.54, 1.807) is 0 Å². The average molecular weight is 413 g/mol. The van der Waals surface area contributed by atoms with Crippen molar-refractivity contribution in [1.82, 2.24) is 10.6 Å². The quantitative estimate of drug-likeness (QED) is 0.495. The number of amides is 2. The van der Waals surface area contributed by atoms with Gasteiger partial charge < -0.3 is 20.1 Å². The van der Waals surface area contributed by atoms with Crippen LogP contribution in [0.4, 0.5) is 0 Å². The molecule has 162 valence electrons. The van der Waals surface area contributed by atoms with E-state index in [-0.39, 0.29) is 11.8 Å². The highest BCUT2D eigenvalue weighted by Crippen LogP contribution is 2.04. The molecule has 0 unspecified atom stereocenters. The average Bonchev–Trinajstić information content (AvgIpc) is 2.73. The minimum atomic E-state index is -0.0138. The van der Waals surface area contributed by atoms with E-state index in [9.17, 15) is 9.59 Å². The molecule has 0 atom stereocenters. The summed E-state index contributed by atoms with van der Waals surface area (Å²) in [6.07, 6.45) is 0.748. The van der Waals surface area contributed by atoms with E-state index in [4.69, 9.17) is 9.47 Å². The van der Waals surface area contributed by atoms with Gasteiger partial charge in [-0.2, -0.15) is 0 Å². The van der Waals surface area contributed by atoms with Crippen LogP contribution in [0, 0.1) is 13.8 Å². The summed E-state index contributed by atoms with van der Waals surface area (Å²) in [6, 6.07) is 15.9. The molecule has 0 heterocycles. The fourth-order valence-corrected chi connectivity index (χ4v) is 2.75. The van der Waals surface area contributed by atoms with Gasteiger partial charge in [0, 0.05) is 13.1 Å². The third-order valence-electron chi connectivity index (χ3n) is 4.48. The van der Waals surface area contributed by atoms with Gasteiger partial charge in [0.2, 0.25) is 11.8 Å². The van der Waals surface area contributed by atoms with E-state index >= 15 is 0 Å². The van der Waals surface area contributed by atoms with Crippen molar-refractivity contribution in [2.24, 2.45) is 0 Å². The Morgan fingerprint density at radius 2 is 1.00 bits per heavy atom. The maximum absolute atomic E-state index is 11.9. The number of carbonyl (C=O) groups excluding carboxylic acids is 2. The summed E-state index contributed by atoms with van der Waals surface area (Å²) in [4.78, 5) is 23.7. The van der Waals surface area contributed by atoms with E-state index in [1.165, 1.54) is 11.1 Å². The summed E-state index contributed by atoms with van der Waals surface area (Å²) in [5.41, 5.74) is 4.36. The van der Waals surface area contributed by atoms with Crippen molar-refractivity contribution >= 4 is 11.8 Å². The van der Waals surface area contributed by atoms with Gasteiger partial charge in [-0.25, -0.2) is 0 Å². The van der Waals surface area contributed by atoms with Crippen LogP contribution in [0.5, 0.6) is 0 Å². The Balaban J connectivity index is 1.40. The van der Waals surface area contributed by atoms with Gasteiger partial charge in [0.25, 0.3) is 0 Å². The fraction of sp³-hybridized carbons (Fsp3) is 0.417. The van der Waals surface area contributed by atoms with Crippen LogP contribution in [-0.4, -0.2) is 51.3 Å². The number of rotatable bonds is 13. The fourth-order valence-electron chi connectivity index (χ4n) is 2.75. The zero-order valence-corrected chi connectivity index (χ0v) is 17.9. The maximum Gasteiger partial charge on any atom is 0.224 e. The van der Waals surface area contributed by atoms with E-state index in [1.807, 2.05) is 62.4 Å². The van der Waals surface area contributed by atoms with Crippen LogP contribution < -0.4 is 10.6 Å². The first-order chi connectivity index (χ1) is 14.5. The largest absolute Gasteiger partial charge is 0.377 e. The van der Waals surface area contributed by atoms with Gasteiger partial charge in [-0.3, -0.25) is 9.59 Å². The van der Waals surface area contributed by atoms with Gasteiger partial charge in [-0.15, -0.1) is 0 Å². The van der Waals surface area contributed by atoms with Crippen molar-refractivity contribution < 1.29 is 19.1 Å². The lowest BCUT2D eigenvalue weighted by molar-refractivity contribution is -0.121. The molecule has 0 saturated carbocycles. The van der Waals surface area contributed by atoms with Crippen LogP contribution >= 0.6 is 0 Å². The molecule has 6 heteroatoms. The van der Waals surface area contributed by atoms with Gasteiger partial charge in [0.15, 0.2) is 0 Å². The topological polar surface area (TPSA) is 76.7 Å². The Morgan fingerprint density at radius 3 is 1.37 bits per heavy atom. The first-order valence-corrected chi connectivity index (χ1v) is 10.3. The molecule has 30 heavy (non-hydrogen) atoms. The summed E-state index contributed by atoms with van der Waals surface area (Å²) in [5, 5.41) is 5.68. The minimum Gasteiger partial charge on any atom is -0.377 e. The summed E-state index contributed by atoms with van der Waals surface area (Å²) >= 11 is 0. The normalized spacial score (nSPS) is 10.6. The van der Waals surface area contributed by atoms with Gasteiger partial charge in [0.05, 0.1) is 39.3 Å². The Hall–Kier alpha value is -2.70. The lowest BCUT2D eigenvalue weighted by Gasteiger charge is -2.08. The number of nitrogens with one attached hydrogen (secondary N) is 2. The summed E-state index contributed by atoms with van der Waals surface area (Å²) < 4.78 is 10.9. The maximum atomic E-state index is 11.9. The highest BCUT2D eigenvalue weighted by molar-refractivity contribution is 5.78. The number of ether oxygens (including phenoxy) is 2. The van der Waals surface area contributed by atoms with Crippen molar-refractivity contribution in [3.8, 4) is 0 Å². The van der Waals surface area contributed by atoms with Crippen molar-refractivity contribution in [2.45, 2.75) is 26.7 Å². The summed E-state index contributed by atoms with van der Waals surface area (Å²) in [7, 11) is 0. The smallest absolute Gasteiger partial charge is 0.224 e. The third kappa shape index (κ3) is 10.2. The molecular formula is C24H32N2O4. The van der Waals surface area contributed by atoms with Crippen LogP contribution in [0.15, 0.2) is 48.5 Å². The van der Waals surface area contributed by atoms with Crippen LogP contribution in [0.2, 0.25) is 0 Å². The number of hydrogen-bond acceptors (Lipinski definition) is 4. The number of carbonyl (C=O) groups is 2. The zero-order valence-electron chi connectivity index (χ0n) is 17.9. The number of benzene rings is 2. The second kappa shape index (κ2) is 13.5. The molecular weight excluding hydrogens is 380 g/mol. The second-order valence-electron chi connectivity index (χ2n) is 7.25. The van der Waals surface area contributed by atoms with E-state index in [2.05, 4.69) is 10.6 Å². The molecule has 0 fully saturated rings. The molecule has 2 rings (SSSR count). The molecule has 0 spiro atoms. The van der Waals surface area contributed by atoms with E-state index in [0.29, 0.717) is 52.4 Å². The molecule has 2 aromatic rings. The Kier molecular flexibility index (Phi) is 10.6. The first-order valence-electron chi connectivity index (χ1n) is 10.3. The molecule has 0 saturated heterocycles. The summed E-state index contributed by atoms with van der Waals surface area (Å²) in [5.74, 6) is -0.0276. The Bertz CT molecular complexity index is 705. The molecule has 2 aromatic carbocycles. The van der Waals surface area contributed by atoms with Gasteiger partial charge in [-0.05, 0) is 25.0 Å². The predicted octanol–water partition coefficient (Wildman–Crippen LogP) is 2.35. The van der Waals surface area contributed by atoms with Crippen LogP contribution in [0.25, 0.3) is 0 Å². The second-order valence-corrected chi connectivity index (χ2v) is 7.25. The molecule has 0 bridgehead atoms. The Labute approximate surface area is 179 Å². The van der Waals surface area contributed by atoms with Crippen LogP contribution in [0.1, 0.15) is 22.3 Å². The van der Waals surface area contributed by atoms with Crippen LogP contribution in [-0.2, 0) is 31.9 Å². The molecule has 0 aliphatic heterocycles. The van der Waals surface area contributed by atoms with Crippen molar-refractivity contribution in [1.29, 1.82) is 0 Å². The standard InChI is InChI=1S/C24H32N2O4/c1-19-3-7-21(8-4-19)17-23(27)25-11-13-29-15-16-30-14-12-26-24(28)18-22-9-5-20(2)6-10-22/h3-10H,11-18H2,1-2H3,(H,25,27)(H,26,28). The highest BCUT2D eigenvalue weighted by Gasteiger charge is 2.03. The first kappa shape index (κ1) is 23.6. The third-order valence-corrected chi connectivity index (χ3v) is 4.48.